The van der Waals surface area contributed by atoms with Gasteiger partial charge in [-0.1, -0.05) is 13.8 Å². The third kappa shape index (κ3) is 4.42. The Morgan fingerprint density at radius 1 is 1.27 bits per heavy atom. The molecule has 8 nitrogen and oxygen atoms in total. The molecule has 0 bridgehead atoms. The average molecular weight is 377 g/mol. The number of aliphatic carboxylic acids is 1. The maximum atomic E-state index is 12.5. The second kappa shape index (κ2) is 8.05. The normalized spacial score (nSPS) is 11.2. The largest absolute Gasteiger partial charge is 0.481 e. The summed E-state index contributed by atoms with van der Waals surface area (Å²) >= 11 is 1.24. The summed E-state index contributed by atoms with van der Waals surface area (Å²) in [6.07, 6.45) is 0.812. The van der Waals surface area contributed by atoms with Gasteiger partial charge in [0, 0.05) is 23.1 Å². The summed E-state index contributed by atoms with van der Waals surface area (Å²) < 4.78 is 0. The molecule has 0 aliphatic carbocycles. The zero-order valence-corrected chi connectivity index (χ0v) is 15.2. The third-order valence-electron chi connectivity index (χ3n) is 4.28. The minimum Gasteiger partial charge on any atom is -0.481 e. The van der Waals surface area contributed by atoms with E-state index in [4.69, 9.17) is 5.11 Å². The van der Waals surface area contributed by atoms with Crippen LogP contribution in [-0.2, 0) is 4.79 Å². The van der Waals surface area contributed by atoms with E-state index in [-0.39, 0.29) is 17.8 Å². The molecule has 0 aliphatic rings. The smallest absolute Gasteiger partial charge is 0.305 e. The number of hydrogen-bond acceptors (Lipinski definition) is 6. The second-order valence-corrected chi connectivity index (χ2v) is 6.71. The van der Waals surface area contributed by atoms with Crippen molar-refractivity contribution in [3.63, 3.8) is 0 Å². The van der Waals surface area contributed by atoms with Crippen LogP contribution in [0.2, 0.25) is 0 Å². The molecule has 2 aromatic rings. The number of non-ortho nitro benzene ring substituents is 1. The van der Waals surface area contributed by atoms with Crippen LogP contribution in [0.1, 0.15) is 43.6 Å². The molecule has 0 fully saturated rings. The van der Waals surface area contributed by atoms with Gasteiger partial charge in [0.2, 0.25) is 0 Å². The SMILES string of the molecule is CCC(CC)(CC(=O)O)NC(=O)c1csc(-c2ccc([N+](=O)[O-])cc2)n1. The van der Waals surface area contributed by atoms with Crippen molar-refractivity contribution in [2.24, 2.45) is 0 Å². The molecule has 1 amide bonds. The summed E-state index contributed by atoms with van der Waals surface area (Å²) in [7, 11) is 0. The molecule has 0 saturated carbocycles. The predicted molar refractivity (Wildman–Crippen MR) is 97.2 cm³/mol. The number of nitrogens with zero attached hydrogens (tertiary/aromatic N) is 2. The van der Waals surface area contributed by atoms with Gasteiger partial charge < -0.3 is 10.4 Å². The lowest BCUT2D eigenvalue weighted by Gasteiger charge is -2.31. The number of aromatic nitrogens is 1. The fraction of sp³-hybridized carbons (Fsp3) is 0.353. The third-order valence-corrected chi connectivity index (χ3v) is 5.18. The molecule has 0 aliphatic heterocycles. The number of nitrogens with one attached hydrogen (secondary N) is 1. The number of benzene rings is 1. The highest BCUT2D eigenvalue weighted by atomic mass is 32.1. The van der Waals surface area contributed by atoms with Gasteiger partial charge >= 0.3 is 5.97 Å². The van der Waals surface area contributed by atoms with Crippen molar-refractivity contribution in [2.75, 3.05) is 0 Å². The Kier molecular flexibility index (Phi) is 6.04. The van der Waals surface area contributed by atoms with Crippen molar-refractivity contribution in [3.8, 4) is 10.6 Å². The number of carbonyl (C=O) groups excluding carboxylic acids is 1. The Morgan fingerprint density at radius 3 is 2.38 bits per heavy atom. The average Bonchev–Trinajstić information content (AvgIpc) is 3.11. The Balaban J connectivity index is 2.18. The number of carbonyl (C=O) groups is 2. The van der Waals surface area contributed by atoms with Crippen LogP contribution in [0.25, 0.3) is 10.6 Å². The Labute approximate surface area is 154 Å². The highest BCUT2D eigenvalue weighted by Gasteiger charge is 2.32. The first-order valence-electron chi connectivity index (χ1n) is 8.05. The molecule has 138 valence electrons. The molecule has 0 unspecified atom stereocenters. The van der Waals surface area contributed by atoms with Crippen molar-refractivity contribution in [3.05, 3.63) is 45.5 Å². The predicted octanol–water partition coefficient (Wildman–Crippen LogP) is 3.48. The summed E-state index contributed by atoms with van der Waals surface area (Å²) in [6, 6.07) is 5.90. The van der Waals surface area contributed by atoms with E-state index >= 15 is 0 Å². The number of carboxylic acid groups (broad SMARTS) is 1. The van der Waals surface area contributed by atoms with Gasteiger partial charge in [0.25, 0.3) is 11.6 Å². The number of thiazole rings is 1. The molecule has 1 aromatic carbocycles. The summed E-state index contributed by atoms with van der Waals surface area (Å²) in [6.45, 7) is 3.66. The van der Waals surface area contributed by atoms with Gasteiger partial charge in [-0.2, -0.15) is 0 Å². The molecular formula is C17H19N3O5S. The van der Waals surface area contributed by atoms with Gasteiger partial charge in [-0.25, -0.2) is 4.98 Å². The lowest BCUT2D eigenvalue weighted by molar-refractivity contribution is -0.384. The highest BCUT2D eigenvalue weighted by molar-refractivity contribution is 7.13. The molecule has 0 radical (unpaired) electrons. The Hall–Kier alpha value is -2.81. The van der Waals surface area contributed by atoms with E-state index in [1.165, 1.54) is 23.5 Å². The molecule has 9 heteroatoms. The van der Waals surface area contributed by atoms with E-state index in [0.29, 0.717) is 23.4 Å². The first-order valence-corrected chi connectivity index (χ1v) is 8.93. The van der Waals surface area contributed by atoms with Crippen molar-refractivity contribution in [1.29, 1.82) is 0 Å². The number of hydrogen-bond donors (Lipinski definition) is 2. The fourth-order valence-electron chi connectivity index (χ4n) is 2.55. The van der Waals surface area contributed by atoms with Gasteiger partial charge in [-0.15, -0.1) is 11.3 Å². The van der Waals surface area contributed by atoms with Crippen LogP contribution < -0.4 is 5.32 Å². The fourth-order valence-corrected chi connectivity index (χ4v) is 3.36. The number of amides is 1. The van der Waals surface area contributed by atoms with E-state index in [1.807, 2.05) is 13.8 Å². The van der Waals surface area contributed by atoms with Crippen LogP contribution in [-0.4, -0.2) is 32.4 Å². The van der Waals surface area contributed by atoms with Crippen LogP contribution in [0.15, 0.2) is 29.6 Å². The Bertz CT molecular complexity index is 812. The highest BCUT2D eigenvalue weighted by Crippen LogP contribution is 2.26. The number of nitro benzene ring substituents is 1. The molecule has 2 N–H and O–H groups in total. The molecule has 1 heterocycles. The van der Waals surface area contributed by atoms with Crippen LogP contribution in [0, 0.1) is 10.1 Å². The van der Waals surface area contributed by atoms with E-state index in [2.05, 4.69) is 10.3 Å². The summed E-state index contributed by atoms with van der Waals surface area (Å²) in [5.74, 6) is -1.40. The molecule has 0 spiro atoms. The number of carboxylic acids is 1. The lowest BCUT2D eigenvalue weighted by Crippen LogP contribution is -2.49. The minimum atomic E-state index is -0.973. The zero-order valence-electron chi connectivity index (χ0n) is 14.4. The van der Waals surface area contributed by atoms with Crippen molar-refractivity contribution < 1.29 is 19.6 Å². The first-order chi connectivity index (χ1) is 12.3. The lowest BCUT2D eigenvalue weighted by atomic mass is 9.89. The molecule has 0 atom stereocenters. The maximum Gasteiger partial charge on any atom is 0.305 e. The van der Waals surface area contributed by atoms with Gasteiger partial charge in [0.05, 0.1) is 16.9 Å². The number of nitro groups is 1. The van der Waals surface area contributed by atoms with E-state index in [9.17, 15) is 19.7 Å². The second-order valence-electron chi connectivity index (χ2n) is 5.85. The summed E-state index contributed by atoms with van der Waals surface area (Å²) in [5.41, 5.74) is 0.0233. The van der Waals surface area contributed by atoms with Gasteiger partial charge in [0.1, 0.15) is 10.7 Å². The van der Waals surface area contributed by atoms with Gasteiger partial charge in [-0.05, 0) is 25.0 Å². The van der Waals surface area contributed by atoms with E-state index in [1.54, 1.807) is 17.5 Å². The van der Waals surface area contributed by atoms with Crippen LogP contribution in [0.5, 0.6) is 0 Å². The van der Waals surface area contributed by atoms with Crippen molar-refractivity contribution >= 4 is 28.9 Å². The summed E-state index contributed by atoms with van der Waals surface area (Å²) in [5, 5.41) is 24.7. The van der Waals surface area contributed by atoms with Crippen molar-refractivity contribution in [2.45, 2.75) is 38.6 Å². The van der Waals surface area contributed by atoms with Gasteiger partial charge in [-0.3, -0.25) is 19.7 Å². The quantitative estimate of drug-likeness (QED) is 0.536. The van der Waals surface area contributed by atoms with Crippen LogP contribution in [0.4, 0.5) is 5.69 Å². The molecule has 1 aromatic heterocycles. The topological polar surface area (TPSA) is 122 Å². The van der Waals surface area contributed by atoms with E-state index in [0.717, 1.165) is 0 Å². The van der Waals surface area contributed by atoms with Gasteiger partial charge in [0.15, 0.2) is 0 Å². The maximum absolute atomic E-state index is 12.5. The minimum absolute atomic E-state index is 0.0207. The molecule has 26 heavy (non-hydrogen) atoms. The van der Waals surface area contributed by atoms with Crippen LogP contribution >= 0.6 is 11.3 Å². The molecular weight excluding hydrogens is 358 g/mol. The molecule has 2 rings (SSSR count). The van der Waals surface area contributed by atoms with Crippen molar-refractivity contribution in [1.82, 2.24) is 10.3 Å². The zero-order chi connectivity index (χ0) is 19.3. The standard InChI is InChI=1S/C17H19N3O5S/c1-3-17(4-2,9-14(21)22)19-15(23)13-10-26-16(18-13)11-5-7-12(8-6-11)20(24)25/h5-8,10H,3-4,9H2,1-2H3,(H,19,23)(H,21,22). The molecule has 0 saturated heterocycles. The monoisotopic (exact) mass is 377 g/mol. The first kappa shape index (κ1) is 19.5. The Morgan fingerprint density at radius 2 is 1.88 bits per heavy atom. The number of rotatable bonds is 8. The van der Waals surface area contributed by atoms with Crippen LogP contribution in [0.3, 0.4) is 0 Å². The summed E-state index contributed by atoms with van der Waals surface area (Å²) in [4.78, 5) is 38.1. The van der Waals surface area contributed by atoms with E-state index < -0.39 is 22.3 Å².